The molecule has 5 heteroatoms. The van der Waals surface area contributed by atoms with Gasteiger partial charge in [0, 0.05) is 17.1 Å². The Kier molecular flexibility index (Phi) is 3.32. The van der Waals surface area contributed by atoms with E-state index in [1.807, 2.05) is 0 Å². The number of fused-ring (bicyclic) bond motifs is 1. The molecule has 1 aromatic heterocycles. The van der Waals surface area contributed by atoms with E-state index in [4.69, 9.17) is 9.84 Å². The largest absolute Gasteiger partial charge is 0.480 e. The Bertz CT molecular complexity index is 600. The molecule has 0 bridgehead atoms. The number of ether oxygens (including phenoxy) is 1. The molecule has 0 aliphatic heterocycles. The summed E-state index contributed by atoms with van der Waals surface area (Å²) >= 11 is 0. The first-order chi connectivity index (χ1) is 8.61. The van der Waals surface area contributed by atoms with Crippen LogP contribution in [0.4, 0.5) is 0 Å². The highest BCUT2D eigenvalue weighted by Crippen LogP contribution is 2.18. The minimum absolute atomic E-state index is 0.0950. The lowest BCUT2D eigenvalue weighted by molar-refractivity contribution is -0.137. The van der Waals surface area contributed by atoms with Crippen LogP contribution in [0, 0.1) is 0 Å². The molecule has 0 aliphatic rings. The normalized spacial score (nSPS) is 10.5. The minimum atomic E-state index is -0.901. The van der Waals surface area contributed by atoms with Gasteiger partial charge in [-0.25, -0.2) is 4.79 Å². The fourth-order valence-electron chi connectivity index (χ4n) is 1.83. The summed E-state index contributed by atoms with van der Waals surface area (Å²) in [6.07, 6.45) is 1.69. The van der Waals surface area contributed by atoms with E-state index in [0.29, 0.717) is 12.2 Å². The molecule has 1 aromatic carbocycles. The molecule has 18 heavy (non-hydrogen) atoms. The number of rotatable bonds is 4. The molecule has 1 N–H and O–H groups in total. The van der Waals surface area contributed by atoms with E-state index in [0.717, 1.165) is 10.9 Å². The van der Waals surface area contributed by atoms with Crippen molar-refractivity contribution in [1.29, 1.82) is 0 Å². The molecule has 0 radical (unpaired) electrons. The number of esters is 1. The summed E-state index contributed by atoms with van der Waals surface area (Å²) in [6, 6.07) is 6.84. The second-order valence-corrected chi connectivity index (χ2v) is 3.83. The zero-order chi connectivity index (χ0) is 13.1. The summed E-state index contributed by atoms with van der Waals surface area (Å²) in [7, 11) is 0. The number of carboxylic acid groups (broad SMARTS) is 1. The summed E-state index contributed by atoms with van der Waals surface area (Å²) in [5.74, 6) is -1.27. The molecule has 0 amide bonds. The predicted octanol–water partition coefficient (Wildman–Crippen LogP) is 1.90. The van der Waals surface area contributed by atoms with Crippen LogP contribution in [0.3, 0.4) is 0 Å². The fourth-order valence-corrected chi connectivity index (χ4v) is 1.83. The topological polar surface area (TPSA) is 68.5 Å². The smallest absolute Gasteiger partial charge is 0.338 e. The van der Waals surface area contributed by atoms with Gasteiger partial charge >= 0.3 is 11.9 Å². The van der Waals surface area contributed by atoms with E-state index < -0.39 is 5.97 Å². The molecule has 2 rings (SSSR count). The highest BCUT2D eigenvalue weighted by molar-refractivity contribution is 5.95. The quantitative estimate of drug-likeness (QED) is 0.838. The number of aromatic nitrogens is 1. The third-order valence-electron chi connectivity index (χ3n) is 2.59. The SMILES string of the molecule is CCOC(=O)c1ccc2c(ccn2CC(=O)O)c1. The van der Waals surface area contributed by atoms with Gasteiger partial charge in [0.25, 0.3) is 0 Å². The van der Waals surface area contributed by atoms with Crippen molar-refractivity contribution in [3.8, 4) is 0 Å². The Morgan fingerprint density at radius 1 is 1.33 bits per heavy atom. The van der Waals surface area contributed by atoms with E-state index in [1.54, 1.807) is 42.0 Å². The second kappa shape index (κ2) is 4.91. The average molecular weight is 247 g/mol. The van der Waals surface area contributed by atoms with Crippen molar-refractivity contribution in [2.24, 2.45) is 0 Å². The van der Waals surface area contributed by atoms with Gasteiger partial charge in [0.1, 0.15) is 6.54 Å². The van der Waals surface area contributed by atoms with Crippen molar-refractivity contribution in [3.63, 3.8) is 0 Å². The third kappa shape index (κ3) is 2.34. The Morgan fingerprint density at radius 3 is 2.78 bits per heavy atom. The van der Waals surface area contributed by atoms with E-state index in [-0.39, 0.29) is 12.5 Å². The van der Waals surface area contributed by atoms with Crippen LogP contribution in [0.15, 0.2) is 30.5 Å². The Balaban J connectivity index is 2.36. The number of carbonyl (C=O) groups excluding carboxylic acids is 1. The van der Waals surface area contributed by atoms with Crippen LogP contribution in [0.1, 0.15) is 17.3 Å². The number of carbonyl (C=O) groups is 2. The molecule has 0 spiro atoms. The standard InChI is InChI=1S/C13H13NO4/c1-2-18-13(17)10-3-4-11-9(7-10)5-6-14(11)8-12(15)16/h3-7H,2,8H2,1H3,(H,15,16). The number of carboxylic acids is 1. The summed E-state index contributed by atoms with van der Waals surface area (Å²) in [5.41, 5.74) is 1.25. The van der Waals surface area contributed by atoms with Crippen LogP contribution in [0.5, 0.6) is 0 Å². The molecule has 2 aromatic rings. The zero-order valence-electron chi connectivity index (χ0n) is 9.92. The van der Waals surface area contributed by atoms with Crippen LogP contribution in [-0.2, 0) is 16.1 Å². The van der Waals surface area contributed by atoms with Crippen molar-refractivity contribution in [2.45, 2.75) is 13.5 Å². The molecular formula is C13H13NO4. The van der Waals surface area contributed by atoms with Crippen molar-refractivity contribution in [3.05, 3.63) is 36.0 Å². The number of hydrogen-bond acceptors (Lipinski definition) is 3. The Morgan fingerprint density at radius 2 is 2.11 bits per heavy atom. The Labute approximate surface area is 104 Å². The molecule has 0 atom stereocenters. The maximum absolute atomic E-state index is 11.5. The van der Waals surface area contributed by atoms with Crippen molar-refractivity contribution in [2.75, 3.05) is 6.61 Å². The maximum Gasteiger partial charge on any atom is 0.338 e. The summed E-state index contributed by atoms with van der Waals surface area (Å²) in [5, 5.41) is 9.58. The van der Waals surface area contributed by atoms with Gasteiger partial charge in [0.05, 0.1) is 12.2 Å². The first-order valence-electron chi connectivity index (χ1n) is 5.59. The Hall–Kier alpha value is -2.30. The third-order valence-corrected chi connectivity index (χ3v) is 2.59. The van der Waals surface area contributed by atoms with Crippen molar-refractivity contribution < 1.29 is 19.4 Å². The molecule has 5 nitrogen and oxygen atoms in total. The van der Waals surface area contributed by atoms with E-state index in [9.17, 15) is 9.59 Å². The van der Waals surface area contributed by atoms with Gasteiger partial charge in [-0.3, -0.25) is 4.79 Å². The van der Waals surface area contributed by atoms with Gasteiger partial charge in [-0.1, -0.05) is 0 Å². The van der Waals surface area contributed by atoms with Crippen LogP contribution < -0.4 is 0 Å². The lowest BCUT2D eigenvalue weighted by Crippen LogP contribution is -2.07. The number of aliphatic carboxylic acids is 1. The fraction of sp³-hybridized carbons (Fsp3) is 0.231. The van der Waals surface area contributed by atoms with Crippen LogP contribution in [0.25, 0.3) is 10.9 Å². The predicted molar refractivity (Wildman–Crippen MR) is 65.5 cm³/mol. The van der Waals surface area contributed by atoms with Gasteiger partial charge in [-0.2, -0.15) is 0 Å². The number of hydrogen-bond donors (Lipinski definition) is 1. The zero-order valence-corrected chi connectivity index (χ0v) is 9.92. The summed E-state index contributed by atoms with van der Waals surface area (Å²) in [6.45, 7) is 1.99. The van der Waals surface area contributed by atoms with E-state index in [2.05, 4.69) is 0 Å². The van der Waals surface area contributed by atoms with Gasteiger partial charge < -0.3 is 14.4 Å². The van der Waals surface area contributed by atoms with Crippen molar-refractivity contribution >= 4 is 22.8 Å². The van der Waals surface area contributed by atoms with E-state index >= 15 is 0 Å². The molecule has 0 aliphatic carbocycles. The van der Waals surface area contributed by atoms with Crippen LogP contribution >= 0.6 is 0 Å². The maximum atomic E-state index is 11.5. The van der Waals surface area contributed by atoms with E-state index in [1.165, 1.54) is 0 Å². The van der Waals surface area contributed by atoms with Gasteiger partial charge in [-0.15, -0.1) is 0 Å². The number of nitrogens with zero attached hydrogens (tertiary/aromatic N) is 1. The monoisotopic (exact) mass is 247 g/mol. The lowest BCUT2D eigenvalue weighted by Gasteiger charge is -2.04. The highest BCUT2D eigenvalue weighted by Gasteiger charge is 2.09. The number of benzene rings is 1. The second-order valence-electron chi connectivity index (χ2n) is 3.83. The molecule has 0 fully saturated rings. The van der Waals surface area contributed by atoms with Gasteiger partial charge in [0.15, 0.2) is 0 Å². The summed E-state index contributed by atoms with van der Waals surface area (Å²) < 4.78 is 6.53. The van der Waals surface area contributed by atoms with Crippen molar-refractivity contribution in [1.82, 2.24) is 4.57 Å². The lowest BCUT2D eigenvalue weighted by atomic mass is 10.1. The first kappa shape index (κ1) is 12.2. The molecule has 1 heterocycles. The van der Waals surface area contributed by atoms with Gasteiger partial charge in [0.2, 0.25) is 0 Å². The summed E-state index contributed by atoms with van der Waals surface area (Å²) in [4.78, 5) is 22.2. The first-order valence-corrected chi connectivity index (χ1v) is 5.59. The van der Waals surface area contributed by atoms with Crippen LogP contribution in [-0.4, -0.2) is 28.2 Å². The molecule has 94 valence electrons. The molecule has 0 unspecified atom stereocenters. The van der Waals surface area contributed by atoms with Gasteiger partial charge in [-0.05, 0) is 31.2 Å². The average Bonchev–Trinajstić information content (AvgIpc) is 2.71. The minimum Gasteiger partial charge on any atom is -0.480 e. The molecule has 0 saturated heterocycles. The molecular weight excluding hydrogens is 234 g/mol. The molecule has 0 saturated carbocycles. The highest BCUT2D eigenvalue weighted by atomic mass is 16.5. The van der Waals surface area contributed by atoms with Crippen LogP contribution in [0.2, 0.25) is 0 Å².